The van der Waals surface area contributed by atoms with E-state index in [0.717, 1.165) is 0 Å². The summed E-state index contributed by atoms with van der Waals surface area (Å²) in [6, 6.07) is -0.858. The molecule has 0 amide bonds. The number of carbonyl (C=O) groups excluding carboxylic acids is 1. The van der Waals surface area contributed by atoms with Crippen LogP contribution < -0.4 is 5.73 Å². The van der Waals surface area contributed by atoms with Gasteiger partial charge in [0.1, 0.15) is 0 Å². The van der Waals surface area contributed by atoms with Crippen molar-refractivity contribution >= 4 is 32.4 Å². The molecule has 0 aromatic heterocycles. The molecule has 0 fully saturated rings. The molecule has 0 aliphatic rings. The largest absolute Gasteiger partial charge is 0.481 e. The fraction of sp³-hybridized carbons (Fsp3) is 0.500. The topological polar surface area (TPSA) is 80.4 Å². The van der Waals surface area contributed by atoms with Crippen LogP contribution in [-0.4, -0.2) is 20.9 Å². The Bertz CT molecular complexity index is 136. The fourth-order valence-electron chi connectivity index (χ4n) is 0.268. The molecule has 52 valence electrons. The van der Waals surface area contributed by atoms with Crippen LogP contribution >= 0.6 is 22.6 Å². The van der Waals surface area contributed by atoms with Crippen molar-refractivity contribution in [3.8, 4) is 0 Å². The molecule has 0 saturated carbocycles. The van der Waals surface area contributed by atoms with Gasteiger partial charge in [-0.15, -0.1) is 0 Å². The van der Waals surface area contributed by atoms with Gasteiger partial charge in [0.05, 0.1) is 12.5 Å². The number of rotatable bonds is 3. The van der Waals surface area contributed by atoms with E-state index < -0.39 is 12.0 Å². The van der Waals surface area contributed by atoms with Gasteiger partial charge >= 0.3 is 5.97 Å². The van der Waals surface area contributed by atoms with Crippen LogP contribution in [-0.2, 0) is 9.59 Å². The monoisotopic (exact) mass is 243 g/mol. The second-order valence-electron chi connectivity index (χ2n) is 1.51. The summed E-state index contributed by atoms with van der Waals surface area (Å²) in [6.07, 6.45) is -0.290. The van der Waals surface area contributed by atoms with Gasteiger partial charge < -0.3 is 10.8 Å². The molecule has 4 nitrogen and oxygen atoms in total. The lowest BCUT2D eigenvalue weighted by Gasteiger charge is -1.99. The van der Waals surface area contributed by atoms with Crippen molar-refractivity contribution in [1.29, 1.82) is 0 Å². The van der Waals surface area contributed by atoms with E-state index in [4.69, 9.17) is 10.8 Å². The first-order valence-electron chi connectivity index (χ1n) is 2.20. The molecule has 5 heteroatoms. The summed E-state index contributed by atoms with van der Waals surface area (Å²) in [5, 5.41) is 8.10. The maximum atomic E-state index is 10.3. The van der Waals surface area contributed by atoms with E-state index in [9.17, 15) is 9.59 Å². The molecule has 0 spiro atoms. The second kappa shape index (κ2) is 3.78. The molecule has 3 N–H and O–H groups in total. The molecule has 0 bridgehead atoms. The van der Waals surface area contributed by atoms with Crippen LogP contribution in [0.3, 0.4) is 0 Å². The van der Waals surface area contributed by atoms with Gasteiger partial charge in [-0.1, -0.05) is 0 Å². The Hall–Kier alpha value is -0.170. The molecule has 0 aromatic carbocycles. The Labute approximate surface area is 65.6 Å². The summed E-state index contributed by atoms with van der Waals surface area (Å²) in [6.45, 7) is 0. The summed E-state index contributed by atoms with van der Waals surface area (Å²) >= 11 is 1.47. The third-order valence-electron chi connectivity index (χ3n) is 0.686. The van der Waals surface area contributed by atoms with Gasteiger partial charge in [-0.2, -0.15) is 0 Å². The maximum absolute atomic E-state index is 10.3. The van der Waals surface area contributed by atoms with E-state index in [0.29, 0.717) is 0 Å². The highest BCUT2D eigenvalue weighted by molar-refractivity contribution is 14.1. The third kappa shape index (κ3) is 4.34. The SMILES string of the molecule is N[C@@H](CC(=O)O)C(=O)I. The second-order valence-corrected chi connectivity index (χ2v) is 2.57. The van der Waals surface area contributed by atoms with Crippen LogP contribution in [0.1, 0.15) is 6.42 Å². The summed E-state index contributed by atoms with van der Waals surface area (Å²) in [7, 11) is 0. The highest BCUT2D eigenvalue weighted by Gasteiger charge is 2.12. The number of hydrogen-bond acceptors (Lipinski definition) is 3. The average Bonchev–Trinajstić information content (AvgIpc) is 1.63. The van der Waals surface area contributed by atoms with Crippen molar-refractivity contribution in [2.24, 2.45) is 5.73 Å². The van der Waals surface area contributed by atoms with Crippen LogP contribution in [0.2, 0.25) is 0 Å². The molecule has 0 aliphatic carbocycles. The van der Waals surface area contributed by atoms with Crippen molar-refractivity contribution < 1.29 is 14.7 Å². The fourth-order valence-corrected chi connectivity index (χ4v) is 0.489. The van der Waals surface area contributed by atoms with Gasteiger partial charge in [0.25, 0.3) is 0 Å². The van der Waals surface area contributed by atoms with Crippen molar-refractivity contribution in [2.75, 3.05) is 0 Å². The van der Waals surface area contributed by atoms with Gasteiger partial charge in [0.15, 0.2) is 0 Å². The predicted octanol–water partition coefficient (Wildman–Crippen LogP) is -0.250. The first kappa shape index (κ1) is 8.83. The van der Waals surface area contributed by atoms with Crippen LogP contribution in [0.4, 0.5) is 0 Å². The molecule has 0 rings (SSSR count). The lowest BCUT2D eigenvalue weighted by atomic mass is 10.2. The van der Waals surface area contributed by atoms with E-state index in [1.54, 1.807) is 0 Å². The van der Waals surface area contributed by atoms with Crippen molar-refractivity contribution in [2.45, 2.75) is 12.5 Å². The van der Waals surface area contributed by atoms with Crippen molar-refractivity contribution in [1.82, 2.24) is 0 Å². The van der Waals surface area contributed by atoms with Crippen LogP contribution in [0, 0.1) is 0 Å². The van der Waals surface area contributed by atoms with E-state index in [2.05, 4.69) is 0 Å². The summed E-state index contributed by atoms with van der Waals surface area (Å²) in [5.41, 5.74) is 5.08. The number of carbonyl (C=O) groups is 2. The molecule has 1 atom stereocenters. The van der Waals surface area contributed by atoms with Crippen molar-refractivity contribution in [3.05, 3.63) is 0 Å². The molecule has 0 radical (unpaired) electrons. The predicted molar refractivity (Wildman–Crippen MR) is 39.3 cm³/mol. The minimum Gasteiger partial charge on any atom is -0.481 e. The zero-order chi connectivity index (χ0) is 7.44. The van der Waals surface area contributed by atoms with Crippen LogP contribution in [0.15, 0.2) is 0 Å². The van der Waals surface area contributed by atoms with Crippen molar-refractivity contribution in [3.63, 3.8) is 0 Å². The molecule has 0 saturated heterocycles. The highest BCUT2D eigenvalue weighted by Crippen LogP contribution is 1.95. The first-order valence-corrected chi connectivity index (χ1v) is 3.28. The average molecular weight is 243 g/mol. The summed E-state index contributed by atoms with van der Waals surface area (Å²) in [4.78, 5) is 20.2. The van der Waals surface area contributed by atoms with Gasteiger partial charge in [0.2, 0.25) is 3.79 Å². The van der Waals surface area contributed by atoms with E-state index in [1.807, 2.05) is 0 Å². The number of nitrogens with two attached hydrogens (primary N) is 1. The standard InChI is InChI=1S/C4H6INO3/c5-4(9)2(6)1-3(7)8/h2H,1,6H2,(H,7,8)/t2-/m0/s1. The zero-order valence-corrected chi connectivity index (χ0v) is 6.66. The molecule has 9 heavy (non-hydrogen) atoms. The Balaban J connectivity index is 3.63. The number of halogens is 1. The number of hydrogen-bond donors (Lipinski definition) is 2. The van der Waals surface area contributed by atoms with E-state index in [-0.39, 0.29) is 10.2 Å². The number of aliphatic carboxylic acids is 1. The third-order valence-corrected chi connectivity index (χ3v) is 1.49. The lowest BCUT2D eigenvalue weighted by molar-refractivity contribution is -0.138. The van der Waals surface area contributed by atoms with Gasteiger partial charge in [0, 0.05) is 22.6 Å². The molecule has 0 aliphatic heterocycles. The quantitative estimate of drug-likeness (QED) is 0.529. The molecular weight excluding hydrogens is 237 g/mol. The van der Waals surface area contributed by atoms with Gasteiger partial charge in [-0.25, -0.2) is 0 Å². The van der Waals surface area contributed by atoms with Gasteiger partial charge in [-0.3, -0.25) is 9.59 Å². The Morgan fingerprint density at radius 3 is 2.22 bits per heavy atom. The minimum absolute atomic E-state index is 0.290. The molecule has 0 unspecified atom stereocenters. The zero-order valence-electron chi connectivity index (χ0n) is 4.50. The summed E-state index contributed by atoms with van der Waals surface area (Å²) < 4.78 is -0.324. The Morgan fingerprint density at radius 2 is 2.11 bits per heavy atom. The Morgan fingerprint density at radius 1 is 1.67 bits per heavy atom. The van der Waals surface area contributed by atoms with Crippen LogP contribution in [0.5, 0.6) is 0 Å². The van der Waals surface area contributed by atoms with E-state index >= 15 is 0 Å². The summed E-state index contributed by atoms with van der Waals surface area (Å²) in [5.74, 6) is -1.05. The first-order chi connectivity index (χ1) is 4.04. The Kier molecular flexibility index (Phi) is 3.71. The number of carboxylic acid groups (broad SMARTS) is 1. The van der Waals surface area contributed by atoms with Crippen LogP contribution in [0.25, 0.3) is 0 Å². The molecular formula is C4H6INO3. The molecule has 0 aromatic rings. The number of carboxylic acids is 1. The normalized spacial score (nSPS) is 12.7. The maximum Gasteiger partial charge on any atom is 0.305 e. The smallest absolute Gasteiger partial charge is 0.305 e. The minimum atomic E-state index is -1.05. The lowest BCUT2D eigenvalue weighted by Crippen LogP contribution is -2.29. The van der Waals surface area contributed by atoms with E-state index in [1.165, 1.54) is 22.6 Å². The van der Waals surface area contributed by atoms with Gasteiger partial charge in [-0.05, 0) is 0 Å². The molecule has 0 heterocycles. The highest BCUT2D eigenvalue weighted by atomic mass is 127.